The molecular formula is C14H25NO6. The van der Waals surface area contributed by atoms with E-state index in [2.05, 4.69) is 5.32 Å². The summed E-state index contributed by atoms with van der Waals surface area (Å²) in [5.74, 6) is -1.01. The van der Waals surface area contributed by atoms with E-state index in [-0.39, 0.29) is 38.1 Å². The molecule has 0 fully saturated rings. The van der Waals surface area contributed by atoms with E-state index in [4.69, 9.17) is 14.6 Å². The van der Waals surface area contributed by atoms with Crippen LogP contribution in [0.2, 0.25) is 0 Å². The average molecular weight is 303 g/mol. The second kappa shape index (κ2) is 10.9. The van der Waals surface area contributed by atoms with Crippen molar-refractivity contribution in [3.8, 4) is 0 Å². The van der Waals surface area contributed by atoms with Gasteiger partial charge >= 0.3 is 18.0 Å². The molecule has 0 bridgehead atoms. The van der Waals surface area contributed by atoms with Crippen molar-refractivity contribution in [2.75, 3.05) is 19.8 Å². The Bertz CT molecular complexity index is 342. The summed E-state index contributed by atoms with van der Waals surface area (Å²) in [5.41, 5.74) is 0. The fraction of sp³-hybridized carbons (Fsp3) is 0.786. The van der Waals surface area contributed by atoms with Gasteiger partial charge in [0.15, 0.2) is 0 Å². The molecule has 0 radical (unpaired) electrons. The van der Waals surface area contributed by atoms with Crippen molar-refractivity contribution in [3.05, 3.63) is 0 Å². The number of esters is 1. The normalized spacial score (nSPS) is 11.8. The van der Waals surface area contributed by atoms with Gasteiger partial charge in [0.05, 0.1) is 13.2 Å². The molecule has 0 aromatic carbocycles. The molecule has 1 atom stereocenters. The van der Waals surface area contributed by atoms with Crippen molar-refractivity contribution in [1.82, 2.24) is 5.32 Å². The third-order valence-electron chi connectivity index (χ3n) is 2.63. The molecular weight excluding hydrogens is 278 g/mol. The van der Waals surface area contributed by atoms with Crippen LogP contribution in [0.15, 0.2) is 0 Å². The van der Waals surface area contributed by atoms with E-state index in [1.54, 1.807) is 0 Å². The summed E-state index contributed by atoms with van der Waals surface area (Å²) in [6.45, 7) is 5.94. The Labute approximate surface area is 125 Å². The molecule has 21 heavy (non-hydrogen) atoms. The first kappa shape index (κ1) is 19.2. The molecule has 0 saturated carbocycles. The number of hydrogen-bond donors (Lipinski definition) is 2. The van der Waals surface area contributed by atoms with Crippen LogP contribution in [0.3, 0.4) is 0 Å². The summed E-state index contributed by atoms with van der Waals surface area (Å²) in [5, 5.41) is 11.4. The van der Waals surface area contributed by atoms with Crippen molar-refractivity contribution in [2.45, 2.75) is 40.0 Å². The molecule has 0 rings (SSSR count). The smallest absolute Gasteiger partial charge is 0.407 e. The van der Waals surface area contributed by atoms with Gasteiger partial charge in [-0.05, 0) is 18.3 Å². The molecule has 0 aliphatic rings. The van der Waals surface area contributed by atoms with E-state index in [1.165, 1.54) is 6.92 Å². The fourth-order valence-electron chi connectivity index (χ4n) is 1.87. The number of alkyl carbamates (subject to hydrolysis) is 1. The van der Waals surface area contributed by atoms with Crippen molar-refractivity contribution >= 4 is 18.0 Å². The lowest BCUT2D eigenvalue weighted by Crippen LogP contribution is -2.31. The van der Waals surface area contributed by atoms with Gasteiger partial charge in [-0.25, -0.2) is 4.79 Å². The molecule has 1 unspecified atom stereocenters. The Morgan fingerprint density at radius 1 is 1.14 bits per heavy atom. The second-order valence-electron chi connectivity index (χ2n) is 5.30. The Morgan fingerprint density at radius 2 is 1.76 bits per heavy atom. The highest BCUT2D eigenvalue weighted by atomic mass is 16.6. The van der Waals surface area contributed by atoms with Gasteiger partial charge in [-0.1, -0.05) is 13.8 Å². The maximum absolute atomic E-state index is 11.4. The lowest BCUT2D eigenvalue weighted by atomic mass is 9.94. The number of amides is 1. The molecule has 0 saturated heterocycles. The maximum Gasteiger partial charge on any atom is 0.407 e. The topological polar surface area (TPSA) is 102 Å². The van der Waals surface area contributed by atoms with Crippen LogP contribution in [0.1, 0.15) is 40.0 Å². The van der Waals surface area contributed by atoms with Crippen LogP contribution in [-0.2, 0) is 19.1 Å². The van der Waals surface area contributed by atoms with Gasteiger partial charge in [-0.2, -0.15) is 0 Å². The molecule has 0 aliphatic heterocycles. The molecule has 7 nitrogen and oxygen atoms in total. The van der Waals surface area contributed by atoms with Crippen LogP contribution in [0.25, 0.3) is 0 Å². The zero-order chi connectivity index (χ0) is 16.3. The van der Waals surface area contributed by atoms with Crippen LogP contribution in [0.5, 0.6) is 0 Å². The minimum absolute atomic E-state index is 0.0188. The molecule has 2 N–H and O–H groups in total. The van der Waals surface area contributed by atoms with Gasteiger partial charge in [0, 0.05) is 26.3 Å². The lowest BCUT2D eigenvalue weighted by molar-refractivity contribution is -0.141. The number of carbonyl (C=O) groups is 3. The largest absolute Gasteiger partial charge is 0.481 e. The third-order valence-corrected chi connectivity index (χ3v) is 2.63. The van der Waals surface area contributed by atoms with Gasteiger partial charge in [0.25, 0.3) is 0 Å². The van der Waals surface area contributed by atoms with Crippen LogP contribution in [0, 0.1) is 11.8 Å². The van der Waals surface area contributed by atoms with E-state index in [0.29, 0.717) is 12.3 Å². The molecule has 0 aromatic heterocycles. The highest BCUT2D eigenvalue weighted by molar-refractivity contribution is 5.68. The van der Waals surface area contributed by atoms with Crippen LogP contribution in [-0.4, -0.2) is 42.9 Å². The Morgan fingerprint density at radius 3 is 2.29 bits per heavy atom. The molecule has 0 aromatic rings. The summed E-state index contributed by atoms with van der Waals surface area (Å²) >= 11 is 0. The number of rotatable bonds is 10. The number of carboxylic acid groups (broad SMARTS) is 1. The summed E-state index contributed by atoms with van der Waals surface area (Å²) in [4.78, 5) is 32.7. The van der Waals surface area contributed by atoms with E-state index in [9.17, 15) is 14.4 Å². The van der Waals surface area contributed by atoms with Crippen LogP contribution in [0.4, 0.5) is 4.79 Å². The van der Waals surface area contributed by atoms with Crippen molar-refractivity contribution in [3.63, 3.8) is 0 Å². The monoisotopic (exact) mass is 303 g/mol. The summed E-state index contributed by atoms with van der Waals surface area (Å²) < 4.78 is 9.59. The SMILES string of the molecule is CC(=O)OCCCOC(=O)NCC(CC(=O)O)CC(C)C. The molecule has 0 heterocycles. The van der Waals surface area contributed by atoms with Crippen LogP contribution >= 0.6 is 0 Å². The predicted molar refractivity (Wildman–Crippen MR) is 75.8 cm³/mol. The standard InChI is InChI=1S/C14H25NO6/c1-10(2)7-12(8-13(17)18)9-15-14(19)21-6-4-5-20-11(3)16/h10,12H,4-9H2,1-3H3,(H,15,19)(H,17,18). The number of carboxylic acids is 1. The minimum Gasteiger partial charge on any atom is -0.481 e. The first-order chi connectivity index (χ1) is 9.81. The molecule has 1 amide bonds. The average Bonchev–Trinajstić information content (AvgIpc) is 2.33. The van der Waals surface area contributed by atoms with Crippen molar-refractivity contribution in [2.24, 2.45) is 11.8 Å². The van der Waals surface area contributed by atoms with E-state index in [1.807, 2.05) is 13.8 Å². The van der Waals surface area contributed by atoms with Crippen LogP contribution < -0.4 is 5.32 Å². The number of ether oxygens (including phenoxy) is 2. The Balaban J connectivity index is 3.85. The van der Waals surface area contributed by atoms with E-state index in [0.717, 1.165) is 6.42 Å². The first-order valence-corrected chi connectivity index (χ1v) is 7.07. The third kappa shape index (κ3) is 13.0. The lowest BCUT2D eigenvalue weighted by Gasteiger charge is -2.17. The number of carbonyl (C=O) groups excluding carboxylic acids is 2. The molecule has 7 heteroatoms. The molecule has 0 spiro atoms. The first-order valence-electron chi connectivity index (χ1n) is 7.07. The van der Waals surface area contributed by atoms with E-state index >= 15 is 0 Å². The van der Waals surface area contributed by atoms with Gasteiger partial charge in [-0.3, -0.25) is 9.59 Å². The number of aliphatic carboxylic acids is 1. The van der Waals surface area contributed by atoms with Gasteiger partial charge in [0.1, 0.15) is 0 Å². The highest BCUT2D eigenvalue weighted by Gasteiger charge is 2.16. The summed E-state index contributed by atoms with van der Waals surface area (Å²) in [7, 11) is 0. The maximum atomic E-state index is 11.4. The van der Waals surface area contributed by atoms with E-state index < -0.39 is 12.1 Å². The zero-order valence-electron chi connectivity index (χ0n) is 12.9. The van der Waals surface area contributed by atoms with Gasteiger partial charge in [-0.15, -0.1) is 0 Å². The molecule has 0 aliphatic carbocycles. The van der Waals surface area contributed by atoms with Crippen molar-refractivity contribution in [1.29, 1.82) is 0 Å². The second-order valence-corrected chi connectivity index (χ2v) is 5.30. The highest BCUT2D eigenvalue weighted by Crippen LogP contribution is 2.14. The fourth-order valence-corrected chi connectivity index (χ4v) is 1.87. The van der Waals surface area contributed by atoms with Crippen molar-refractivity contribution < 1.29 is 29.0 Å². The summed E-state index contributed by atoms with van der Waals surface area (Å²) in [6.07, 6.45) is 0.582. The Kier molecular flexibility index (Phi) is 10.0. The van der Waals surface area contributed by atoms with Gasteiger partial charge in [0.2, 0.25) is 0 Å². The zero-order valence-corrected chi connectivity index (χ0v) is 12.9. The molecule has 122 valence electrons. The quantitative estimate of drug-likeness (QED) is 0.471. The predicted octanol–water partition coefficient (Wildman–Crippen LogP) is 1.80. The Hall–Kier alpha value is -1.79. The summed E-state index contributed by atoms with van der Waals surface area (Å²) in [6, 6.07) is 0. The minimum atomic E-state index is -0.878. The van der Waals surface area contributed by atoms with Gasteiger partial charge < -0.3 is 19.9 Å². The number of hydrogen-bond acceptors (Lipinski definition) is 5. The number of nitrogens with one attached hydrogen (secondary N) is 1.